The maximum absolute atomic E-state index is 13.1. The molecule has 22 heavy (non-hydrogen) atoms. The van der Waals surface area contributed by atoms with E-state index in [0.29, 0.717) is 12.4 Å². The molecular weight excluding hydrogens is 290 g/mol. The third kappa shape index (κ3) is 3.03. The highest BCUT2D eigenvalue weighted by Gasteiger charge is 2.36. The molecule has 5 nitrogen and oxygen atoms in total. The average molecular weight is 308 g/mol. The van der Waals surface area contributed by atoms with Crippen molar-refractivity contribution in [2.45, 2.75) is 25.3 Å². The number of urea groups is 1. The minimum Gasteiger partial charge on any atom is -0.340 e. The van der Waals surface area contributed by atoms with E-state index in [-0.39, 0.29) is 32.0 Å². The Balaban J connectivity index is 1.63. The lowest BCUT2D eigenvalue weighted by atomic mass is 10.1. The summed E-state index contributed by atoms with van der Waals surface area (Å²) in [6.07, 6.45) is -0.533. The van der Waals surface area contributed by atoms with Crippen molar-refractivity contribution >= 4 is 17.1 Å². The van der Waals surface area contributed by atoms with Gasteiger partial charge in [-0.3, -0.25) is 0 Å². The Bertz CT molecular complexity index is 642. The van der Waals surface area contributed by atoms with Gasteiger partial charge in [-0.15, -0.1) is 0 Å². The van der Waals surface area contributed by atoms with Gasteiger partial charge in [-0.1, -0.05) is 12.1 Å². The number of rotatable bonds is 2. The zero-order valence-corrected chi connectivity index (χ0v) is 12.4. The number of nitrogens with zero attached hydrogens (tertiary/aromatic N) is 3. The third-order valence-electron chi connectivity index (χ3n) is 3.92. The smallest absolute Gasteiger partial charge is 0.320 e. The summed E-state index contributed by atoms with van der Waals surface area (Å²) in [5.41, 5.74) is 1.76. The van der Waals surface area contributed by atoms with Gasteiger partial charge in [-0.25, -0.2) is 18.6 Å². The van der Waals surface area contributed by atoms with Crippen molar-refractivity contribution in [3.05, 3.63) is 30.1 Å². The summed E-state index contributed by atoms with van der Waals surface area (Å²) in [5.74, 6) is -1.96. The number of hydrogen-bond acceptors (Lipinski definition) is 2. The fourth-order valence-electron chi connectivity index (χ4n) is 2.64. The maximum Gasteiger partial charge on any atom is 0.320 e. The Morgan fingerprint density at radius 2 is 2.05 bits per heavy atom. The molecule has 0 bridgehead atoms. The van der Waals surface area contributed by atoms with E-state index in [1.54, 1.807) is 7.05 Å². The van der Waals surface area contributed by atoms with Crippen LogP contribution in [0, 0.1) is 0 Å². The van der Waals surface area contributed by atoms with Crippen LogP contribution in [0.5, 0.6) is 0 Å². The lowest BCUT2D eigenvalue weighted by molar-refractivity contribution is -0.0489. The van der Waals surface area contributed by atoms with Crippen LogP contribution in [0.25, 0.3) is 11.0 Å². The number of nitrogens with one attached hydrogen (secondary N) is 1. The molecule has 0 radical (unpaired) electrons. The summed E-state index contributed by atoms with van der Waals surface area (Å²) in [6.45, 7) is 0.507. The first-order valence-electron chi connectivity index (χ1n) is 7.26. The van der Waals surface area contributed by atoms with Crippen molar-refractivity contribution in [1.29, 1.82) is 0 Å². The number of fused-ring (bicyclic) bond motifs is 1. The standard InChI is InChI=1S/C15H18F2N4O/c1-20(14(22)21-8-6-15(16,17)7-9-21)10-13-18-11-4-2-3-5-12(11)19-13/h2-5H,6-10H2,1H3,(H,18,19). The van der Waals surface area contributed by atoms with Crippen LogP contribution in [-0.2, 0) is 6.54 Å². The Labute approximate surface area is 126 Å². The Hall–Kier alpha value is -2.18. The van der Waals surface area contributed by atoms with Crippen molar-refractivity contribution in [2.75, 3.05) is 20.1 Å². The zero-order valence-electron chi connectivity index (χ0n) is 12.4. The van der Waals surface area contributed by atoms with Gasteiger partial charge in [0.05, 0.1) is 17.6 Å². The molecule has 2 aromatic rings. The van der Waals surface area contributed by atoms with E-state index in [1.165, 1.54) is 9.80 Å². The van der Waals surface area contributed by atoms with Crippen molar-refractivity contribution in [3.63, 3.8) is 0 Å². The van der Waals surface area contributed by atoms with Crippen LogP contribution in [0.4, 0.5) is 13.6 Å². The van der Waals surface area contributed by atoms with Gasteiger partial charge in [0.1, 0.15) is 5.82 Å². The molecule has 0 aliphatic carbocycles. The predicted molar refractivity (Wildman–Crippen MR) is 78.7 cm³/mol. The topological polar surface area (TPSA) is 52.2 Å². The van der Waals surface area contributed by atoms with Gasteiger partial charge in [0, 0.05) is 33.0 Å². The molecule has 118 valence electrons. The lowest BCUT2D eigenvalue weighted by Crippen LogP contribution is -2.47. The van der Waals surface area contributed by atoms with Crippen LogP contribution in [0.1, 0.15) is 18.7 Å². The second kappa shape index (κ2) is 5.55. The highest BCUT2D eigenvalue weighted by atomic mass is 19.3. The molecule has 0 spiro atoms. The number of carbonyl (C=O) groups is 1. The number of aromatic nitrogens is 2. The first-order valence-corrected chi connectivity index (χ1v) is 7.26. The Kier molecular flexibility index (Phi) is 3.72. The molecule has 7 heteroatoms. The molecule has 1 aliphatic rings. The lowest BCUT2D eigenvalue weighted by Gasteiger charge is -2.34. The zero-order chi connectivity index (χ0) is 15.7. The summed E-state index contributed by atoms with van der Waals surface area (Å²) in [7, 11) is 1.66. The van der Waals surface area contributed by atoms with Gasteiger partial charge in [0.15, 0.2) is 0 Å². The molecule has 0 saturated carbocycles. The highest BCUT2D eigenvalue weighted by Crippen LogP contribution is 2.28. The van der Waals surface area contributed by atoms with E-state index in [4.69, 9.17) is 0 Å². The van der Waals surface area contributed by atoms with Gasteiger partial charge < -0.3 is 14.8 Å². The summed E-state index contributed by atoms with van der Waals surface area (Å²) >= 11 is 0. The van der Waals surface area contributed by atoms with E-state index in [0.717, 1.165) is 11.0 Å². The van der Waals surface area contributed by atoms with Crippen molar-refractivity contribution in [2.24, 2.45) is 0 Å². The quantitative estimate of drug-likeness (QED) is 0.927. The van der Waals surface area contributed by atoms with Crippen LogP contribution in [-0.4, -0.2) is 51.9 Å². The number of imidazole rings is 1. The summed E-state index contributed by atoms with van der Waals surface area (Å²) in [5, 5.41) is 0. The van der Waals surface area contributed by atoms with Gasteiger partial charge in [0.2, 0.25) is 0 Å². The molecule has 1 aromatic carbocycles. The number of benzene rings is 1. The minimum atomic E-state index is -2.64. The second-order valence-corrected chi connectivity index (χ2v) is 5.68. The fraction of sp³-hybridized carbons (Fsp3) is 0.467. The normalized spacial score (nSPS) is 17.7. The molecule has 0 atom stereocenters. The highest BCUT2D eigenvalue weighted by molar-refractivity contribution is 5.76. The van der Waals surface area contributed by atoms with Gasteiger partial charge in [-0.2, -0.15) is 0 Å². The summed E-state index contributed by atoms with van der Waals surface area (Å²) in [4.78, 5) is 22.8. The van der Waals surface area contributed by atoms with Gasteiger partial charge >= 0.3 is 6.03 Å². The monoisotopic (exact) mass is 308 g/mol. The number of halogens is 2. The molecule has 1 saturated heterocycles. The first kappa shape index (κ1) is 14.7. The Morgan fingerprint density at radius 3 is 2.73 bits per heavy atom. The molecular formula is C15H18F2N4O. The SMILES string of the molecule is CN(Cc1nc2ccccc2[nH]1)C(=O)N1CCC(F)(F)CC1. The average Bonchev–Trinajstić information content (AvgIpc) is 2.88. The van der Waals surface area contributed by atoms with Crippen LogP contribution >= 0.6 is 0 Å². The molecule has 0 unspecified atom stereocenters. The van der Waals surface area contributed by atoms with Gasteiger partial charge in [0.25, 0.3) is 5.92 Å². The number of hydrogen-bond donors (Lipinski definition) is 1. The molecule has 2 amide bonds. The molecule has 1 aliphatic heterocycles. The summed E-state index contributed by atoms with van der Waals surface area (Å²) in [6, 6.07) is 7.38. The van der Waals surface area contributed by atoms with Crippen LogP contribution in [0.2, 0.25) is 0 Å². The maximum atomic E-state index is 13.1. The van der Waals surface area contributed by atoms with Crippen LogP contribution in [0.3, 0.4) is 0 Å². The number of para-hydroxylation sites is 2. The summed E-state index contributed by atoms with van der Waals surface area (Å²) < 4.78 is 26.3. The number of likely N-dealkylation sites (tertiary alicyclic amines) is 1. The van der Waals surface area contributed by atoms with E-state index >= 15 is 0 Å². The fourth-order valence-corrected chi connectivity index (χ4v) is 2.64. The van der Waals surface area contributed by atoms with E-state index in [1.807, 2.05) is 24.3 Å². The largest absolute Gasteiger partial charge is 0.340 e. The number of amides is 2. The molecule has 1 N–H and O–H groups in total. The number of alkyl halides is 2. The predicted octanol–water partition coefficient (Wildman–Crippen LogP) is 2.85. The third-order valence-corrected chi connectivity index (χ3v) is 3.92. The number of carbonyl (C=O) groups excluding carboxylic acids is 1. The molecule has 3 rings (SSSR count). The van der Waals surface area contributed by atoms with Gasteiger partial charge in [-0.05, 0) is 12.1 Å². The Morgan fingerprint density at radius 1 is 1.36 bits per heavy atom. The van der Waals surface area contributed by atoms with Crippen molar-refractivity contribution in [1.82, 2.24) is 19.8 Å². The van der Waals surface area contributed by atoms with Crippen LogP contribution < -0.4 is 0 Å². The van der Waals surface area contributed by atoms with E-state index < -0.39 is 5.92 Å². The van der Waals surface area contributed by atoms with E-state index in [9.17, 15) is 13.6 Å². The molecule has 2 heterocycles. The molecule has 1 aromatic heterocycles. The minimum absolute atomic E-state index is 0.0936. The number of H-pyrrole nitrogens is 1. The number of aromatic amines is 1. The van der Waals surface area contributed by atoms with Crippen molar-refractivity contribution in [3.8, 4) is 0 Å². The van der Waals surface area contributed by atoms with Crippen molar-refractivity contribution < 1.29 is 13.6 Å². The second-order valence-electron chi connectivity index (χ2n) is 5.68. The molecule has 1 fully saturated rings. The number of piperidine rings is 1. The van der Waals surface area contributed by atoms with E-state index in [2.05, 4.69) is 9.97 Å². The first-order chi connectivity index (χ1) is 10.4. The van der Waals surface area contributed by atoms with Crippen LogP contribution in [0.15, 0.2) is 24.3 Å².